The molecule has 1 atom stereocenters. The van der Waals surface area contributed by atoms with Crippen LogP contribution in [-0.4, -0.2) is 11.2 Å². The molecule has 0 N–H and O–H groups in total. The molecule has 0 radical (unpaired) electrons. The Bertz CT molecular complexity index is 367. The van der Waals surface area contributed by atoms with Gasteiger partial charge in [-0.05, 0) is 39.6 Å². The van der Waals surface area contributed by atoms with E-state index in [1.54, 1.807) is 0 Å². The largest absolute Gasteiger partial charge is 0.289 e. The van der Waals surface area contributed by atoms with Gasteiger partial charge in [-0.25, -0.2) is 0 Å². The van der Waals surface area contributed by atoms with Gasteiger partial charge in [0.25, 0.3) is 0 Å². The first-order valence-electron chi connectivity index (χ1n) is 6.14. The molecule has 0 saturated heterocycles. The van der Waals surface area contributed by atoms with E-state index in [-0.39, 0.29) is 0 Å². The second-order valence-corrected chi connectivity index (χ2v) is 6.18. The second-order valence-electron chi connectivity index (χ2n) is 4.62. The first kappa shape index (κ1) is 11.8. The molecule has 0 aromatic heterocycles. The van der Waals surface area contributed by atoms with Crippen molar-refractivity contribution in [3.05, 3.63) is 35.4 Å². The van der Waals surface area contributed by atoms with E-state index in [2.05, 4.69) is 0 Å². The topological polar surface area (TPSA) is 17.1 Å². The summed E-state index contributed by atoms with van der Waals surface area (Å²) in [6.07, 6.45) is 6.52. The van der Waals surface area contributed by atoms with Crippen molar-refractivity contribution in [2.45, 2.75) is 44.7 Å². The maximum Gasteiger partial charge on any atom is 0.181 e. The zero-order chi connectivity index (χ0) is 11.4. The summed E-state index contributed by atoms with van der Waals surface area (Å²) >= 11 is 0. The Balaban J connectivity index is 2.00. The lowest BCUT2D eigenvalue weighted by atomic mass is 10.0. The minimum atomic E-state index is 0.366. The number of hydrogen-bond acceptors (Lipinski definition) is 1. The van der Waals surface area contributed by atoms with Crippen LogP contribution < -0.4 is 0 Å². The Morgan fingerprint density at radius 1 is 1.19 bits per heavy atom. The summed E-state index contributed by atoms with van der Waals surface area (Å²) in [6, 6.07) is 7.95. The van der Waals surface area contributed by atoms with Crippen LogP contribution in [0.15, 0.2) is 24.3 Å². The van der Waals surface area contributed by atoms with E-state index in [0.717, 1.165) is 11.1 Å². The molecule has 1 aromatic rings. The van der Waals surface area contributed by atoms with Crippen molar-refractivity contribution in [3.63, 3.8) is 0 Å². The van der Waals surface area contributed by atoms with E-state index >= 15 is 0 Å². The number of aryl methyl sites for hydroxylation is 1. The van der Waals surface area contributed by atoms with Crippen molar-refractivity contribution < 1.29 is 4.79 Å². The van der Waals surface area contributed by atoms with Gasteiger partial charge in [-0.15, -0.1) is 0 Å². The normalized spacial score (nSPS) is 18.1. The first-order valence-corrected chi connectivity index (χ1v) is 7.21. The van der Waals surface area contributed by atoms with Crippen molar-refractivity contribution >= 4 is 14.1 Å². The van der Waals surface area contributed by atoms with E-state index in [9.17, 15) is 4.79 Å². The molecular formula is C14H19OP. The molecule has 1 saturated carbocycles. The van der Waals surface area contributed by atoms with Crippen LogP contribution in [0.5, 0.6) is 0 Å². The highest BCUT2D eigenvalue weighted by atomic mass is 31.1. The van der Waals surface area contributed by atoms with Crippen molar-refractivity contribution in [1.29, 1.82) is 0 Å². The molecule has 0 aliphatic heterocycles. The van der Waals surface area contributed by atoms with Crippen LogP contribution in [0.3, 0.4) is 0 Å². The van der Waals surface area contributed by atoms with Gasteiger partial charge < -0.3 is 0 Å². The standard InChI is InChI=1S/C14H19OP/c1-11-7-5-6-10-13(11)14(15)16-12-8-3-2-4-9-12/h5-7,10,12,16H,2-4,8-9H2,1H3. The van der Waals surface area contributed by atoms with Gasteiger partial charge in [0, 0.05) is 5.56 Å². The minimum Gasteiger partial charge on any atom is -0.289 e. The molecule has 0 amide bonds. The Morgan fingerprint density at radius 2 is 1.88 bits per heavy atom. The molecule has 1 nitrogen and oxygen atoms in total. The maximum absolute atomic E-state index is 12.1. The van der Waals surface area contributed by atoms with Crippen LogP contribution in [0.25, 0.3) is 0 Å². The molecule has 0 bridgehead atoms. The summed E-state index contributed by atoms with van der Waals surface area (Å²) < 4.78 is 0. The summed E-state index contributed by atoms with van der Waals surface area (Å²) in [4.78, 5) is 12.1. The number of hydrogen-bond donors (Lipinski definition) is 0. The molecule has 16 heavy (non-hydrogen) atoms. The van der Waals surface area contributed by atoms with Gasteiger partial charge in [0.1, 0.15) is 0 Å². The second kappa shape index (κ2) is 5.59. The maximum atomic E-state index is 12.1. The van der Waals surface area contributed by atoms with Crippen LogP contribution in [0.4, 0.5) is 0 Å². The van der Waals surface area contributed by atoms with Crippen molar-refractivity contribution in [2.75, 3.05) is 0 Å². The highest BCUT2D eigenvalue weighted by Crippen LogP contribution is 2.35. The molecule has 86 valence electrons. The van der Waals surface area contributed by atoms with E-state index in [4.69, 9.17) is 0 Å². The van der Waals surface area contributed by atoms with E-state index < -0.39 is 0 Å². The highest BCUT2D eigenvalue weighted by Gasteiger charge is 2.18. The third kappa shape index (κ3) is 2.92. The van der Waals surface area contributed by atoms with Gasteiger partial charge >= 0.3 is 0 Å². The van der Waals surface area contributed by atoms with Crippen LogP contribution in [0.1, 0.15) is 48.0 Å². The lowest BCUT2D eigenvalue weighted by Gasteiger charge is -2.20. The Labute approximate surface area is 99.4 Å². The fraction of sp³-hybridized carbons (Fsp3) is 0.500. The summed E-state index contributed by atoms with van der Waals surface area (Å²) in [7, 11) is 0.490. The molecule has 2 heteroatoms. The van der Waals surface area contributed by atoms with Crippen molar-refractivity contribution in [1.82, 2.24) is 0 Å². The van der Waals surface area contributed by atoms with Gasteiger partial charge in [0.15, 0.2) is 5.52 Å². The smallest absolute Gasteiger partial charge is 0.181 e. The predicted molar refractivity (Wildman–Crippen MR) is 70.7 cm³/mol. The van der Waals surface area contributed by atoms with E-state index in [1.807, 2.05) is 31.2 Å². The lowest BCUT2D eigenvalue weighted by Crippen LogP contribution is -2.09. The summed E-state index contributed by atoms with van der Waals surface area (Å²) in [5, 5.41) is 0. The lowest BCUT2D eigenvalue weighted by molar-refractivity contribution is 0.108. The van der Waals surface area contributed by atoms with E-state index in [0.29, 0.717) is 19.8 Å². The van der Waals surface area contributed by atoms with Gasteiger partial charge in [-0.1, -0.05) is 43.5 Å². The SMILES string of the molecule is Cc1ccccc1C(=O)PC1CCCCC1. The van der Waals surface area contributed by atoms with Crippen molar-refractivity contribution in [2.24, 2.45) is 0 Å². The average Bonchev–Trinajstić information content (AvgIpc) is 2.31. The highest BCUT2D eigenvalue weighted by molar-refractivity contribution is 7.59. The molecule has 1 aliphatic carbocycles. The van der Waals surface area contributed by atoms with E-state index in [1.165, 1.54) is 32.1 Å². The zero-order valence-corrected chi connectivity index (χ0v) is 10.8. The molecule has 1 unspecified atom stereocenters. The fourth-order valence-electron chi connectivity index (χ4n) is 2.34. The zero-order valence-electron chi connectivity index (χ0n) is 9.83. The molecule has 2 rings (SSSR count). The molecule has 0 heterocycles. The molecule has 0 spiro atoms. The minimum absolute atomic E-state index is 0.366. The molecular weight excluding hydrogens is 215 g/mol. The number of benzene rings is 1. The quantitative estimate of drug-likeness (QED) is 0.718. The Morgan fingerprint density at radius 3 is 2.56 bits per heavy atom. The van der Waals surface area contributed by atoms with Crippen LogP contribution in [0.2, 0.25) is 0 Å². The molecule has 1 aromatic carbocycles. The Hall–Kier alpha value is -0.680. The fourth-order valence-corrected chi connectivity index (χ4v) is 3.84. The van der Waals surface area contributed by atoms with Crippen LogP contribution in [-0.2, 0) is 0 Å². The van der Waals surface area contributed by atoms with Gasteiger partial charge in [-0.3, -0.25) is 4.79 Å². The third-order valence-electron chi connectivity index (χ3n) is 3.33. The monoisotopic (exact) mass is 234 g/mol. The van der Waals surface area contributed by atoms with Gasteiger partial charge in [0.05, 0.1) is 0 Å². The summed E-state index contributed by atoms with van der Waals surface area (Å²) in [5.41, 5.74) is 3.09. The molecule has 1 fully saturated rings. The summed E-state index contributed by atoms with van der Waals surface area (Å²) in [6.45, 7) is 2.03. The van der Waals surface area contributed by atoms with Crippen LogP contribution >= 0.6 is 8.58 Å². The molecule has 1 aliphatic rings. The van der Waals surface area contributed by atoms with Crippen molar-refractivity contribution in [3.8, 4) is 0 Å². The number of rotatable bonds is 3. The third-order valence-corrected chi connectivity index (χ3v) is 4.85. The average molecular weight is 234 g/mol. The van der Waals surface area contributed by atoms with Gasteiger partial charge in [-0.2, -0.15) is 0 Å². The summed E-state index contributed by atoms with van der Waals surface area (Å²) in [5.74, 6) is 0. The Kier molecular flexibility index (Phi) is 4.12. The van der Waals surface area contributed by atoms with Gasteiger partial charge in [0.2, 0.25) is 0 Å². The number of carbonyl (C=O) groups is 1. The van der Waals surface area contributed by atoms with Crippen LogP contribution in [0, 0.1) is 6.92 Å². The number of carbonyl (C=O) groups excluding carboxylic acids is 1. The first-order chi connectivity index (χ1) is 7.77. The predicted octanol–water partition coefficient (Wildman–Crippen LogP) is 4.15.